The second kappa shape index (κ2) is 6.20. The van der Waals surface area contributed by atoms with Gasteiger partial charge < -0.3 is 14.0 Å². The van der Waals surface area contributed by atoms with Gasteiger partial charge in [-0.2, -0.15) is 10.1 Å². The number of rotatable bonds is 3. The van der Waals surface area contributed by atoms with Gasteiger partial charge in [-0.1, -0.05) is 41.6 Å². The number of hydrogen-bond donors (Lipinski definition) is 1. The maximum absolute atomic E-state index is 5.44. The monoisotopic (exact) mass is 382 g/mol. The fourth-order valence-electron chi connectivity index (χ4n) is 3.41. The quantitative estimate of drug-likeness (QED) is 0.488. The van der Waals surface area contributed by atoms with Crippen molar-refractivity contribution in [2.45, 2.75) is 0 Å². The summed E-state index contributed by atoms with van der Waals surface area (Å²) in [5.41, 5.74) is 3.28. The van der Waals surface area contributed by atoms with E-state index in [0.29, 0.717) is 28.9 Å². The summed E-state index contributed by atoms with van der Waals surface area (Å²) in [6, 6.07) is 21.9. The summed E-state index contributed by atoms with van der Waals surface area (Å²) in [7, 11) is 0. The first-order valence-electron chi connectivity index (χ1n) is 9.12. The standard InChI is InChI=1S/C22H14N4O3/c1-2-4-14-9-15(6-5-13(14)3-1)17-11-18(25-24-17)22-23-21(26-29-22)16-7-8-19-20(10-16)28-12-27-19/h1-11H,12H2,(H,24,25). The fraction of sp³-hybridized carbons (Fsp3) is 0.0455. The molecule has 0 atom stereocenters. The molecule has 0 bridgehead atoms. The highest BCUT2D eigenvalue weighted by atomic mass is 16.7. The molecule has 1 aliphatic rings. The highest BCUT2D eigenvalue weighted by Gasteiger charge is 2.18. The minimum atomic E-state index is 0.224. The number of ether oxygens (including phenoxy) is 2. The lowest BCUT2D eigenvalue weighted by atomic mass is 10.1. The SMILES string of the molecule is c1ccc2cc(-c3cc(-c4nc(-c5ccc6c(c5)OCO6)no4)[nH]n3)ccc2c1. The molecule has 3 heterocycles. The molecule has 29 heavy (non-hydrogen) atoms. The van der Waals surface area contributed by atoms with E-state index in [0.717, 1.165) is 22.2 Å². The summed E-state index contributed by atoms with van der Waals surface area (Å²) >= 11 is 0. The van der Waals surface area contributed by atoms with Gasteiger partial charge in [0, 0.05) is 11.1 Å². The van der Waals surface area contributed by atoms with Crippen molar-refractivity contribution >= 4 is 10.8 Å². The van der Waals surface area contributed by atoms with Crippen molar-refractivity contribution in [1.82, 2.24) is 20.3 Å². The van der Waals surface area contributed by atoms with Gasteiger partial charge in [-0.05, 0) is 41.1 Å². The Morgan fingerprint density at radius 2 is 1.66 bits per heavy atom. The highest BCUT2D eigenvalue weighted by molar-refractivity contribution is 5.87. The van der Waals surface area contributed by atoms with E-state index in [1.54, 1.807) is 0 Å². The van der Waals surface area contributed by atoms with Gasteiger partial charge in [-0.3, -0.25) is 5.10 Å². The van der Waals surface area contributed by atoms with Gasteiger partial charge in [0.05, 0.1) is 5.69 Å². The summed E-state index contributed by atoms with van der Waals surface area (Å²) in [6.45, 7) is 0.224. The third-order valence-electron chi connectivity index (χ3n) is 4.91. The van der Waals surface area contributed by atoms with Gasteiger partial charge >= 0.3 is 0 Å². The minimum Gasteiger partial charge on any atom is -0.454 e. The number of nitrogens with one attached hydrogen (secondary N) is 1. The first-order chi connectivity index (χ1) is 14.3. The summed E-state index contributed by atoms with van der Waals surface area (Å²) in [6.07, 6.45) is 0. The first-order valence-corrected chi connectivity index (χ1v) is 9.12. The van der Waals surface area contributed by atoms with Crippen molar-refractivity contribution in [1.29, 1.82) is 0 Å². The molecule has 3 aromatic carbocycles. The van der Waals surface area contributed by atoms with Gasteiger partial charge in [-0.25, -0.2) is 0 Å². The number of benzene rings is 3. The van der Waals surface area contributed by atoms with E-state index in [4.69, 9.17) is 14.0 Å². The van der Waals surface area contributed by atoms with Crippen LogP contribution in [-0.2, 0) is 0 Å². The second-order valence-electron chi connectivity index (χ2n) is 6.72. The predicted molar refractivity (Wildman–Crippen MR) is 106 cm³/mol. The molecule has 6 rings (SSSR count). The Morgan fingerprint density at radius 1 is 0.793 bits per heavy atom. The van der Waals surface area contributed by atoms with E-state index in [2.05, 4.69) is 44.6 Å². The maximum Gasteiger partial charge on any atom is 0.276 e. The summed E-state index contributed by atoms with van der Waals surface area (Å²) < 4.78 is 16.2. The molecule has 1 N–H and O–H groups in total. The van der Waals surface area contributed by atoms with Crippen LogP contribution in [0.15, 0.2) is 71.3 Å². The molecular formula is C22H14N4O3. The first kappa shape index (κ1) is 15.9. The molecule has 1 aliphatic heterocycles. The summed E-state index contributed by atoms with van der Waals surface area (Å²) in [4.78, 5) is 4.49. The van der Waals surface area contributed by atoms with E-state index in [9.17, 15) is 0 Å². The van der Waals surface area contributed by atoms with Gasteiger partial charge in [0.1, 0.15) is 5.69 Å². The van der Waals surface area contributed by atoms with E-state index < -0.39 is 0 Å². The van der Waals surface area contributed by atoms with Crippen LogP contribution in [0, 0.1) is 0 Å². The topological polar surface area (TPSA) is 86.1 Å². The molecule has 0 radical (unpaired) electrons. The molecule has 0 unspecified atom stereocenters. The zero-order valence-corrected chi connectivity index (χ0v) is 15.1. The average Bonchev–Trinajstić information content (AvgIpc) is 3.52. The van der Waals surface area contributed by atoms with Crippen molar-refractivity contribution in [2.24, 2.45) is 0 Å². The van der Waals surface area contributed by atoms with Crippen LogP contribution >= 0.6 is 0 Å². The van der Waals surface area contributed by atoms with Crippen LogP contribution in [-0.4, -0.2) is 27.1 Å². The molecule has 140 valence electrons. The highest BCUT2D eigenvalue weighted by Crippen LogP contribution is 2.35. The van der Waals surface area contributed by atoms with Crippen molar-refractivity contribution in [3.8, 4) is 45.7 Å². The maximum atomic E-state index is 5.44. The molecule has 2 aromatic heterocycles. The fourth-order valence-corrected chi connectivity index (χ4v) is 3.41. The van der Waals surface area contributed by atoms with Gasteiger partial charge in [0.2, 0.25) is 12.6 Å². The normalized spacial score (nSPS) is 12.6. The van der Waals surface area contributed by atoms with Gasteiger partial charge in [0.15, 0.2) is 11.5 Å². The minimum absolute atomic E-state index is 0.224. The lowest BCUT2D eigenvalue weighted by molar-refractivity contribution is 0.174. The van der Waals surface area contributed by atoms with Crippen molar-refractivity contribution in [3.05, 3.63) is 66.7 Å². The van der Waals surface area contributed by atoms with E-state index in [-0.39, 0.29) is 6.79 Å². The van der Waals surface area contributed by atoms with Crippen LogP contribution in [0.4, 0.5) is 0 Å². The number of fused-ring (bicyclic) bond motifs is 2. The van der Waals surface area contributed by atoms with E-state index in [1.165, 1.54) is 5.39 Å². The summed E-state index contributed by atoms with van der Waals surface area (Å²) in [5.74, 6) is 2.23. The Kier molecular flexibility index (Phi) is 3.40. The lowest BCUT2D eigenvalue weighted by Crippen LogP contribution is -1.92. The average molecular weight is 382 g/mol. The molecule has 0 amide bonds. The van der Waals surface area contributed by atoms with Crippen LogP contribution in [0.2, 0.25) is 0 Å². The Hall–Kier alpha value is -4.13. The predicted octanol–water partition coefficient (Wildman–Crippen LogP) is 4.68. The van der Waals surface area contributed by atoms with Crippen molar-refractivity contribution in [2.75, 3.05) is 6.79 Å². The molecule has 0 aliphatic carbocycles. The Bertz CT molecular complexity index is 1360. The number of nitrogens with zero attached hydrogens (tertiary/aromatic N) is 3. The Balaban J connectivity index is 1.32. The van der Waals surface area contributed by atoms with Gasteiger partial charge in [-0.15, -0.1) is 0 Å². The molecule has 5 aromatic rings. The second-order valence-corrected chi connectivity index (χ2v) is 6.72. The summed E-state index contributed by atoms with van der Waals surface area (Å²) in [5, 5.41) is 13.8. The smallest absolute Gasteiger partial charge is 0.276 e. The largest absolute Gasteiger partial charge is 0.454 e. The molecule has 7 heteroatoms. The number of H-pyrrole nitrogens is 1. The van der Waals surface area contributed by atoms with Crippen molar-refractivity contribution < 1.29 is 14.0 Å². The Labute approximate surface area is 164 Å². The molecular weight excluding hydrogens is 368 g/mol. The van der Waals surface area contributed by atoms with Gasteiger partial charge in [0.25, 0.3) is 5.89 Å². The number of hydrogen-bond acceptors (Lipinski definition) is 6. The molecule has 0 spiro atoms. The van der Waals surface area contributed by atoms with Crippen LogP contribution in [0.3, 0.4) is 0 Å². The van der Waals surface area contributed by atoms with Crippen molar-refractivity contribution in [3.63, 3.8) is 0 Å². The van der Waals surface area contributed by atoms with Crippen LogP contribution in [0.25, 0.3) is 45.0 Å². The third kappa shape index (κ3) is 2.71. The van der Waals surface area contributed by atoms with E-state index >= 15 is 0 Å². The zero-order valence-electron chi connectivity index (χ0n) is 15.1. The zero-order chi connectivity index (χ0) is 19.2. The molecule has 0 saturated heterocycles. The van der Waals surface area contributed by atoms with Crippen LogP contribution < -0.4 is 9.47 Å². The molecule has 0 saturated carbocycles. The number of aromatic nitrogens is 4. The lowest BCUT2D eigenvalue weighted by Gasteiger charge is -2.00. The van der Waals surface area contributed by atoms with Crippen LogP contribution in [0.5, 0.6) is 11.5 Å². The molecule has 7 nitrogen and oxygen atoms in total. The van der Waals surface area contributed by atoms with Crippen LogP contribution in [0.1, 0.15) is 0 Å². The third-order valence-corrected chi connectivity index (χ3v) is 4.91. The Morgan fingerprint density at radius 3 is 2.62 bits per heavy atom. The molecule has 0 fully saturated rings. The van der Waals surface area contributed by atoms with E-state index in [1.807, 2.05) is 42.5 Å². The number of aromatic amines is 1.